The van der Waals surface area contributed by atoms with Gasteiger partial charge in [0.15, 0.2) is 5.72 Å². The van der Waals surface area contributed by atoms with Gasteiger partial charge in [-0.2, -0.15) is 0 Å². The second kappa shape index (κ2) is 7.89. The number of likely N-dealkylation sites (N-methyl/N-ethyl adjacent to an activating group) is 1. The van der Waals surface area contributed by atoms with Crippen molar-refractivity contribution in [3.8, 4) is 5.75 Å². The van der Waals surface area contributed by atoms with Gasteiger partial charge in [0.25, 0.3) is 5.91 Å². The van der Waals surface area contributed by atoms with Crippen molar-refractivity contribution in [3.63, 3.8) is 0 Å². The van der Waals surface area contributed by atoms with Crippen LogP contribution in [0.2, 0.25) is 0 Å². The number of methoxy groups -OCH3 is 1. The minimum absolute atomic E-state index is 0.0891. The van der Waals surface area contributed by atoms with Gasteiger partial charge in [-0.25, -0.2) is 4.79 Å². The number of hydrogen-bond donors (Lipinski definition) is 1. The lowest BCUT2D eigenvalue weighted by atomic mass is 9.77. The summed E-state index contributed by atoms with van der Waals surface area (Å²) in [6.07, 6.45) is 3.76. The van der Waals surface area contributed by atoms with Gasteiger partial charge in [-0.05, 0) is 48.9 Å². The molecular weight excluding hydrogens is 462 g/mol. The molecule has 160 valence electrons. The smallest absolute Gasteiger partial charge is 0.337 e. The summed E-state index contributed by atoms with van der Waals surface area (Å²) in [6.45, 7) is 1.88. The number of ether oxygens (including phenoxy) is 2. The summed E-state index contributed by atoms with van der Waals surface area (Å²) < 4.78 is 11.7. The quantitative estimate of drug-likeness (QED) is 0.384. The Morgan fingerprint density at radius 3 is 2.68 bits per heavy atom. The molecule has 2 bridgehead atoms. The summed E-state index contributed by atoms with van der Waals surface area (Å²) >= 11 is 3.48. The van der Waals surface area contributed by atoms with Crippen LogP contribution in [-0.2, 0) is 9.53 Å². The number of amides is 1. The average molecular weight is 484 g/mol. The van der Waals surface area contributed by atoms with Crippen molar-refractivity contribution in [2.75, 3.05) is 14.2 Å². The molecule has 2 heterocycles. The fourth-order valence-corrected chi connectivity index (χ4v) is 4.44. The van der Waals surface area contributed by atoms with E-state index in [2.05, 4.69) is 15.9 Å². The van der Waals surface area contributed by atoms with E-state index in [0.29, 0.717) is 23.3 Å². The second-order valence-electron chi connectivity index (χ2n) is 7.83. The molecule has 0 saturated carbocycles. The fourth-order valence-electron chi connectivity index (χ4n) is 4.06. The molecule has 2 aromatic rings. The number of halogens is 1. The zero-order chi connectivity index (χ0) is 22.3. The lowest BCUT2D eigenvalue weighted by molar-refractivity contribution is -0.153. The van der Waals surface area contributed by atoms with E-state index < -0.39 is 11.7 Å². The first-order chi connectivity index (χ1) is 14.7. The van der Waals surface area contributed by atoms with E-state index in [4.69, 9.17) is 9.47 Å². The normalized spacial score (nSPS) is 23.9. The Hall–Kier alpha value is -3.06. The maximum atomic E-state index is 13.2. The number of allylic oxidation sites excluding steroid dienone is 1. The Labute approximate surface area is 188 Å². The van der Waals surface area contributed by atoms with Crippen molar-refractivity contribution in [1.29, 1.82) is 0 Å². The molecule has 1 amide bonds. The molecule has 0 radical (unpaired) electrons. The summed E-state index contributed by atoms with van der Waals surface area (Å²) in [5.74, 6) is -0.361. The zero-order valence-electron chi connectivity index (χ0n) is 17.4. The predicted molar refractivity (Wildman–Crippen MR) is 120 cm³/mol. The number of carbonyl (C=O) groups excluding carboxylic acids is 2. The fraction of sp³-hybridized carbons (Fsp3) is 0.250. The second-order valence-corrected chi connectivity index (χ2v) is 8.74. The molecule has 6 nitrogen and oxygen atoms in total. The topological polar surface area (TPSA) is 76.1 Å². The number of aliphatic hydroxyl groups excluding tert-OH is 1. The molecule has 2 aliphatic rings. The molecule has 31 heavy (non-hydrogen) atoms. The summed E-state index contributed by atoms with van der Waals surface area (Å²) in [5.41, 5.74) is 1.64. The van der Waals surface area contributed by atoms with E-state index in [1.165, 1.54) is 13.2 Å². The van der Waals surface area contributed by atoms with E-state index in [-0.39, 0.29) is 17.6 Å². The number of fused-ring (bicyclic) bond motifs is 4. The molecule has 0 spiro atoms. The summed E-state index contributed by atoms with van der Waals surface area (Å²) in [4.78, 5) is 26.3. The average Bonchev–Trinajstić information content (AvgIpc) is 2.76. The number of piperidine rings is 1. The molecule has 1 N–H and O–H groups in total. The molecule has 2 unspecified atom stereocenters. The van der Waals surface area contributed by atoms with Crippen LogP contribution < -0.4 is 4.74 Å². The highest BCUT2D eigenvalue weighted by Gasteiger charge is 2.51. The first-order valence-corrected chi connectivity index (χ1v) is 10.6. The van der Waals surface area contributed by atoms with Crippen LogP contribution in [-0.4, -0.2) is 41.8 Å². The number of aliphatic hydroxyl groups is 1. The molecule has 7 heteroatoms. The van der Waals surface area contributed by atoms with Crippen molar-refractivity contribution in [2.45, 2.75) is 25.0 Å². The summed E-state index contributed by atoms with van der Waals surface area (Å²) in [7, 11) is 3.02. The van der Waals surface area contributed by atoms with Crippen LogP contribution in [0.1, 0.15) is 40.7 Å². The van der Waals surface area contributed by atoms with Crippen molar-refractivity contribution in [3.05, 3.63) is 81.0 Å². The lowest BCUT2D eigenvalue weighted by Gasteiger charge is -2.50. The minimum Gasteiger partial charge on any atom is -0.507 e. The molecule has 0 aliphatic carbocycles. The SMILES string of the molecule is COC(=O)c1ccc(C=CC(O)=C2C(=O)N(C)C3(C)CC2c2cc(Br)ccc2O3)cc1. The minimum atomic E-state index is -0.778. The number of carbonyl (C=O) groups is 2. The van der Waals surface area contributed by atoms with E-state index in [9.17, 15) is 14.7 Å². The van der Waals surface area contributed by atoms with E-state index in [1.807, 2.05) is 25.1 Å². The molecule has 1 saturated heterocycles. The standard InChI is InChI=1S/C24H22BrNO5/c1-24-13-18(17-12-16(25)9-11-20(17)31-24)21(22(28)26(24)2)19(27)10-6-14-4-7-15(8-5-14)23(29)30-3/h4-12,18,27H,13H2,1-3H3. The van der Waals surface area contributed by atoms with Crippen LogP contribution in [0.4, 0.5) is 0 Å². The Bertz CT molecular complexity index is 1120. The molecule has 0 aromatic heterocycles. The van der Waals surface area contributed by atoms with Gasteiger partial charge in [-0.1, -0.05) is 34.1 Å². The molecule has 4 rings (SSSR count). The number of hydrogen-bond acceptors (Lipinski definition) is 5. The van der Waals surface area contributed by atoms with E-state index >= 15 is 0 Å². The van der Waals surface area contributed by atoms with Gasteiger partial charge < -0.3 is 19.5 Å². The van der Waals surface area contributed by atoms with Crippen LogP contribution in [0.5, 0.6) is 5.75 Å². The highest BCUT2D eigenvalue weighted by molar-refractivity contribution is 9.10. The molecule has 1 fully saturated rings. The number of nitrogens with zero attached hydrogens (tertiary/aromatic N) is 1. The van der Waals surface area contributed by atoms with Crippen LogP contribution in [0.15, 0.2) is 64.3 Å². The number of rotatable bonds is 3. The number of esters is 1. The van der Waals surface area contributed by atoms with Gasteiger partial charge in [-0.3, -0.25) is 4.79 Å². The van der Waals surface area contributed by atoms with Gasteiger partial charge in [0.2, 0.25) is 0 Å². The van der Waals surface area contributed by atoms with Gasteiger partial charge in [-0.15, -0.1) is 0 Å². The molecule has 2 atom stereocenters. The largest absolute Gasteiger partial charge is 0.507 e. The maximum absolute atomic E-state index is 13.2. The van der Waals surface area contributed by atoms with Crippen LogP contribution in [0.3, 0.4) is 0 Å². The van der Waals surface area contributed by atoms with Crippen molar-refractivity contribution in [2.24, 2.45) is 0 Å². The Morgan fingerprint density at radius 2 is 2.00 bits per heavy atom. The number of benzene rings is 2. The zero-order valence-corrected chi connectivity index (χ0v) is 19.0. The Morgan fingerprint density at radius 1 is 1.29 bits per heavy atom. The van der Waals surface area contributed by atoms with Gasteiger partial charge in [0, 0.05) is 29.4 Å². The summed E-state index contributed by atoms with van der Waals surface area (Å²) in [6, 6.07) is 12.5. The first kappa shape index (κ1) is 21.2. The first-order valence-electron chi connectivity index (χ1n) is 9.80. The van der Waals surface area contributed by atoms with Crippen molar-refractivity contribution >= 4 is 33.9 Å². The van der Waals surface area contributed by atoms with Gasteiger partial charge in [0.1, 0.15) is 11.5 Å². The third-order valence-corrected chi connectivity index (χ3v) is 6.39. The molecule has 2 aliphatic heterocycles. The van der Waals surface area contributed by atoms with E-state index in [0.717, 1.165) is 15.6 Å². The van der Waals surface area contributed by atoms with Gasteiger partial charge >= 0.3 is 5.97 Å². The van der Waals surface area contributed by atoms with E-state index in [1.54, 1.807) is 42.3 Å². The van der Waals surface area contributed by atoms with Crippen molar-refractivity contribution < 1.29 is 24.2 Å². The summed E-state index contributed by atoms with van der Waals surface area (Å²) in [5, 5.41) is 10.9. The van der Waals surface area contributed by atoms with Gasteiger partial charge in [0.05, 0.1) is 18.2 Å². The Kier molecular flexibility index (Phi) is 5.39. The lowest BCUT2D eigenvalue weighted by Crippen LogP contribution is -2.59. The predicted octanol–water partition coefficient (Wildman–Crippen LogP) is 4.82. The van der Waals surface area contributed by atoms with Crippen LogP contribution >= 0.6 is 15.9 Å². The van der Waals surface area contributed by atoms with Crippen molar-refractivity contribution in [1.82, 2.24) is 4.90 Å². The van der Waals surface area contributed by atoms with Crippen LogP contribution in [0.25, 0.3) is 6.08 Å². The third-order valence-electron chi connectivity index (χ3n) is 5.89. The third kappa shape index (κ3) is 3.74. The monoisotopic (exact) mass is 483 g/mol. The Balaban J connectivity index is 1.72. The maximum Gasteiger partial charge on any atom is 0.337 e. The highest BCUT2D eigenvalue weighted by atomic mass is 79.9. The molecule has 2 aromatic carbocycles. The molecular formula is C24H22BrNO5. The van der Waals surface area contributed by atoms with Crippen LogP contribution in [0, 0.1) is 0 Å². The number of likely N-dealkylation sites (tertiary alicyclic amines) is 1. The highest BCUT2D eigenvalue weighted by Crippen LogP contribution is 2.50.